The molecule has 0 spiro atoms. The molecule has 2 aliphatic heterocycles. The monoisotopic (exact) mass is 450 g/mol. The van der Waals surface area contributed by atoms with Crippen LogP contribution in [0.3, 0.4) is 0 Å². The maximum Gasteiger partial charge on any atom is 0.410 e. The number of rotatable bonds is 5. The Morgan fingerprint density at radius 1 is 1.34 bits per heavy atom. The highest BCUT2D eigenvalue weighted by Crippen LogP contribution is 2.63. The summed E-state index contributed by atoms with van der Waals surface area (Å²) in [6, 6.07) is 8.35. The Kier molecular flexibility index (Phi) is 4.54. The van der Waals surface area contributed by atoms with Gasteiger partial charge in [0.2, 0.25) is 5.91 Å². The maximum absolute atomic E-state index is 12.3. The fourth-order valence-corrected chi connectivity index (χ4v) is 6.43. The predicted molar refractivity (Wildman–Crippen MR) is 124 cm³/mol. The van der Waals surface area contributed by atoms with Gasteiger partial charge in [0.05, 0.1) is 29.3 Å². The van der Waals surface area contributed by atoms with Gasteiger partial charge in [0.25, 0.3) is 0 Å². The van der Waals surface area contributed by atoms with Crippen molar-refractivity contribution in [3.63, 3.8) is 0 Å². The number of para-hydroxylation sites is 1. The molecule has 8 heteroatoms. The van der Waals surface area contributed by atoms with Crippen molar-refractivity contribution < 1.29 is 14.3 Å². The minimum atomic E-state index is -0.294. The van der Waals surface area contributed by atoms with E-state index in [9.17, 15) is 9.59 Å². The zero-order chi connectivity index (χ0) is 21.9. The number of thiazole rings is 1. The number of nitrogens with one attached hydrogen (secondary N) is 1. The number of benzene rings is 1. The van der Waals surface area contributed by atoms with Crippen LogP contribution in [0.4, 0.5) is 9.93 Å². The van der Waals surface area contributed by atoms with Gasteiger partial charge in [-0.25, -0.2) is 9.78 Å². The summed E-state index contributed by atoms with van der Waals surface area (Å²) >= 11 is 1.78. The van der Waals surface area contributed by atoms with Crippen LogP contribution in [0.1, 0.15) is 19.8 Å². The Morgan fingerprint density at radius 3 is 3.00 bits per heavy atom. The number of ether oxygens (including phenoxy) is 1. The SMILES string of the molecule is CC(=O)NC[C@H]1CN(C2C=CC(C34CC3CN(c3nc5ccccc5s3)C4)=CC2)C(=O)O1. The first kappa shape index (κ1) is 19.8. The summed E-state index contributed by atoms with van der Waals surface area (Å²) in [7, 11) is 0. The van der Waals surface area contributed by atoms with Crippen molar-refractivity contribution in [3.05, 3.63) is 48.1 Å². The summed E-state index contributed by atoms with van der Waals surface area (Å²) in [5, 5.41) is 3.86. The largest absolute Gasteiger partial charge is 0.442 e. The number of hydrogen-bond acceptors (Lipinski definition) is 6. The van der Waals surface area contributed by atoms with E-state index in [2.05, 4.69) is 46.6 Å². The third kappa shape index (κ3) is 3.28. The zero-order valence-corrected chi connectivity index (χ0v) is 18.8. The summed E-state index contributed by atoms with van der Waals surface area (Å²) in [6.07, 6.45) is 8.17. The van der Waals surface area contributed by atoms with Gasteiger partial charge in [0.1, 0.15) is 6.10 Å². The summed E-state index contributed by atoms with van der Waals surface area (Å²) in [5.74, 6) is 0.570. The number of nitrogens with zero attached hydrogens (tertiary/aromatic N) is 3. The molecular weight excluding hydrogens is 424 g/mol. The van der Waals surface area contributed by atoms with Crippen molar-refractivity contribution >= 4 is 38.7 Å². The van der Waals surface area contributed by atoms with Gasteiger partial charge in [-0.05, 0) is 36.5 Å². The fraction of sp³-hybridized carbons (Fsp3) is 0.458. The number of piperidine rings is 1. The first-order valence-electron chi connectivity index (χ1n) is 11.2. The van der Waals surface area contributed by atoms with Crippen molar-refractivity contribution in [2.45, 2.75) is 31.9 Å². The number of carbonyl (C=O) groups is 2. The average molecular weight is 451 g/mol. The number of carbonyl (C=O) groups excluding carboxylic acids is 2. The number of fused-ring (bicyclic) bond motifs is 2. The molecule has 4 atom stereocenters. The van der Waals surface area contributed by atoms with E-state index in [0.717, 1.165) is 30.2 Å². The lowest BCUT2D eigenvalue weighted by Gasteiger charge is -2.27. The molecule has 2 aromatic rings. The number of anilines is 1. The molecule has 0 bridgehead atoms. The molecule has 3 fully saturated rings. The highest BCUT2D eigenvalue weighted by Gasteiger charge is 2.61. The smallest absolute Gasteiger partial charge is 0.410 e. The second kappa shape index (κ2) is 7.33. The van der Waals surface area contributed by atoms with E-state index in [1.165, 1.54) is 23.6 Å². The Hall–Kier alpha value is -2.87. The van der Waals surface area contributed by atoms with Crippen molar-refractivity contribution in [2.24, 2.45) is 11.3 Å². The minimum Gasteiger partial charge on any atom is -0.442 e. The Morgan fingerprint density at radius 2 is 2.22 bits per heavy atom. The molecule has 1 aromatic carbocycles. The van der Waals surface area contributed by atoms with E-state index in [-0.39, 0.29) is 29.6 Å². The Balaban J connectivity index is 1.11. The summed E-state index contributed by atoms with van der Waals surface area (Å²) in [5.41, 5.74) is 2.72. The molecule has 6 rings (SSSR count). The van der Waals surface area contributed by atoms with E-state index in [1.54, 1.807) is 16.2 Å². The number of amides is 2. The van der Waals surface area contributed by atoms with Crippen LogP contribution in [0, 0.1) is 11.3 Å². The van der Waals surface area contributed by atoms with E-state index in [0.29, 0.717) is 19.0 Å². The van der Waals surface area contributed by atoms with Gasteiger partial charge in [0, 0.05) is 25.4 Å². The molecule has 1 aromatic heterocycles. The maximum atomic E-state index is 12.3. The third-order valence-corrected chi connectivity index (χ3v) is 8.33. The highest BCUT2D eigenvalue weighted by atomic mass is 32.1. The second-order valence-electron chi connectivity index (χ2n) is 9.32. The molecule has 1 N–H and O–H groups in total. The van der Waals surface area contributed by atoms with Crippen molar-refractivity contribution in [1.82, 2.24) is 15.2 Å². The number of cyclic esters (lactones) is 1. The lowest BCUT2D eigenvalue weighted by molar-refractivity contribution is -0.119. The van der Waals surface area contributed by atoms with Crippen LogP contribution < -0.4 is 10.2 Å². The van der Waals surface area contributed by atoms with Crippen molar-refractivity contribution in [2.75, 3.05) is 31.1 Å². The molecular formula is C24H26N4O3S. The molecule has 2 amide bonds. The van der Waals surface area contributed by atoms with Gasteiger partial charge < -0.3 is 15.0 Å². The molecule has 32 heavy (non-hydrogen) atoms. The van der Waals surface area contributed by atoms with E-state index in [4.69, 9.17) is 9.72 Å². The first-order chi connectivity index (χ1) is 15.5. The standard InChI is InChI=1S/C24H26N4O3S/c1-15(29)25-11-19-13-28(23(30)31-19)18-8-6-16(7-9-18)24-10-17(24)12-27(14-24)22-26-20-4-2-3-5-21(20)32-22/h2-8,17-19H,9-14H2,1H3,(H,25,29)/t17?,18?,19-,24?/m0/s1. The van der Waals surface area contributed by atoms with Crippen LogP contribution in [-0.4, -0.2) is 60.2 Å². The van der Waals surface area contributed by atoms with E-state index >= 15 is 0 Å². The highest BCUT2D eigenvalue weighted by molar-refractivity contribution is 7.22. The van der Waals surface area contributed by atoms with Gasteiger partial charge in [-0.2, -0.15) is 0 Å². The molecule has 3 heterocycles. The van der Waals surface area contributed by atoms with E-state index < -0.39 is 0 Å². The quantitative estimate of drug-likeness (QED) is 0.756. The zero-order valence-electron chi connectivity index (χ0n) is 18.0. The summed E-state index contributed by atoms with van der Waals surface area (Å²) in [6.45, 7) is 4.43. The first-order valence-corrected chi connectivity index (χ1v) is 12.0. The summed E-state index contributed by atoms with van der Waals surface area (Å²) in [4.78, 5) is 32.5. The van der Waals surface area contributed by atoms with Crippen LogP contribution in [0.2, 0.25) is 0 Å². The average Bonchev–Trinajstić information content (AvgIpc) is 3.15. The van der Waals surface area contributed by atoms with Crippen molar-refractivity contribution in [1.29, 1.82) is 0 Å². The molecule has 0 radical (unpaired) electrons. The van der Waals surface area contributed by atoms with Gasteiger partial charge in [-0.15, -0.1) is 0 Å². The molecule has 4 aliphatic rings. The van der Waals surface area contributed by atoms with Crippen LogP contribution in [-0.2, 0) is 9.53 Å². The molecule has 2 saturated heterocycles. The predicted octanol–water partition coefficient (Wildman–Crippen LogP) is 3.33. The van der Waals surface area contributed by atoms with E-state index in [1.807, 2.05) is 6.07 Å². The molecule has 1 saturated carbocycles. The number of allylic oxidation sites excluding steroid dienone is 1. The van der Waals surface area contributed by atoms with Gasteiger partial charge in [-0.3, -0.25) is 9.69 Å². The van der Waals surface area contributed by atoms with Crippen LogP contribution in [0.25, 0.3) is 10.2 Å². The lowest BCUT2D eigenvalue weighted by atomic mass is 9.88. The van der Waals surface area contributed by atoms with Crippen LogP contribution in [0.5, 0.6) is 0 Å². The lowest BCUT2D eigenvalue weighted by Crippen LogP contribution is -2.38. The van der Waals surface area contributed by atoms with Gasteiger partial charge in [-0.1, -0.05) is 41.7 Å². The van der Waals surface area contributed by atoms with Crippen LogP contribution >= 0.6 is 11.3 Å². The number of aromatic nitrogens is 1. The normalized spacial score (nSPS) is 31.0. The summed E-state index contributed by atoms with van der Waals surface area (Å²) < 4.78 is 6.67. The molecule has 2 aliphatic carbocycles. The molecule has 7 nitrogen and oxygen atoms in total. The molecule has 166 valence electrons. The van der Waals surface area contributed by atoms with Gasteiger partial charge in [0.15, 0.2) is 5.13 Å². The van der Waals surface area contributed by atoms with Gasteiger partial charge >= 0.3 is 6.09 Å². The fourth-order valence-electron chi connectivity index (χ4n) is 5.46. The molecule has 3 unspecified atom stereocenters. The third-order valence-electron chi connectivity index (χ3n) is 7.23. The Bertz CT molecular complexity index is 1120. The second-order valence-corrected chi connectivity index (χ2v) is 10.3. The van der Waals surface area contributed by atoms with Crippen LogP contribution in [0.15, 0.2) is 48.1 Å². The topological polar surface area (TPSA) is 74.8 Å². The number of hydrogen-bond donors (Lipinski definition) is 1. The Labute approximate surface area is 190 Å². The van der Waals surface area contributed by atoms with Crippen molar-refractivity contribution in [3.8, 4) is 0 Å². The minimum absolute atomic E-state index is 0.0175.